The summed E-state index contributed by atoms with van der Waals surface area (Å²) in [7, 11) is 2.05. The second-order valence-electron chi connectivity index (χ2n) is 8.65. The second-order valence-corrected chi connectivity index (χ2v) is 8.65. The molecule has 2 fully saturated rings. The predicted molar refractivity (Wildman–Crippen MR) is 128 cm³/mol. The Morgan fingerprint density at radius 2 is 2.03 bits per heavy atom. The summed E-state index contributed by atoms with van der Waals surface area (Å²) >= 11 is 0. The zero-order valence-corrected chi connectivity index (χ0v) is 18.8. The average Bonchev–Trinajstić information content (AvgIpc) is 3.59. The Kier molecular flexibility index (Phi) is 6.26. The van der Waals surface area contributed by atoms with Gasteiger partial charge in [0, 0.05) is 62.3 Å². The summed E-state index contributed by atoms with van der Waals surface area (Å²) in [5.74, 6) is 0.818. The number of hydrogen-bond donors (Lipinski definition) is 3. The van der Waals surface area contributed by atoms with E-state index < -0.39 is 0 Å². The number of nitrogens with zero attached hydrogens (tertiary/aromatic N) is 4. The first-order valence-electron chi connectivity index (χ1n) is 11.5. The fourth-order valence-electron chi connectivity index (χ4n) is 4.64. The Morgan fingerprint density at radius 1 is 1.18 bits per heavy atom. The number of likely N-dealkylation sites (N-methyl/N-ethyl adjacent to an activating group) is 1. The molecule has 3 heterocycles. The van der Waals surface area contributed by atoms with Crippen LogP contribution in [0.15, 0.2) is 42.7 Å². The number of benzene rings is 1. The number of halogens is 1. The van der Waals surface area contributed by atoms with Crippen LogP contribution in [0.1, 0.15) is 12.8 Å². The number of rotatable bonds is 9. The quantitative estimate of drug-likeness (QED) is 0.343. The van der Waals surface area contributed by atoms with Gasteiger partial charge in [-0.3, -0.25) is 15.2 Å². The van der Waals surface area contributed by atoms with Gasteiger partial charge >= 0.3 is 0 Å². The highest BCUT2D eigenvalue weighted by Crippen LogP contribution is 2.31. The molecule has 5 rings (SSSR count). The number of hydrogen-bond acceptors (Lipinski definition) is 7. The van der Waals surface area contributed by atoms with Gasteiger partial charge in [-0.05, 0) is 50.2 Å². The van der Waals surface area contributed by atoms with Crippen molar-refractivity contribution in [2.45, 2.75) is 25.0 Å². The number of piperazine rings is 1. The molecule has 0 amide bonds. The molecule has 3 N–H and O–H groups in total. The van der Waals surface area contributed by atoms with Crippen LogP contribution in [-0.2, 0) is 0 Å². The molecule has 2 aliphatic rings. The van der Waals surface area contributed by atoms with Crippen molar-refractivity contribution in [2.24, 2.45) is 0 Å². The van der Waals surface area contributed by atoms with Gasteiger partial charge in [0.1, 0.15) is 23.0 Å². The van der Waals surface area contributed by atoms with E-state index in [0.717, 1.165) is 51.0 Å². The third-order valence-corrected chi connectivity index (χ3v) is 6.52. The largest absolute Gasteiger partial charge is 0.446 e. The van der Waals surface area contributed by atoms with E-state index >= 15 is 0 Å². The Labute approximate surface area is 192 Å². The van der Waals surface area contributed by atoms with E-state index in [1.54, 1.807) is 6.07 Å². The minimum atomic E-state index is -0.356. The zero-order chi connectivity index (χ0) is 22.8. The molecule has 1 saturated carbocycles. The molecular weight excluding hydrogens is 421 g/mol. The number of nitrogens with one attached hydrogen (secondary N) is 3. The Morgan fingerprint density at radius 3 is 2.82 bits per heavy atom. The van der Waals surface area contributed by atoms with Crippen LogP contribution in [0.5, 0.6) is 5.75 Å². The molecule has 0 spiro atoms. The summed E-state index contributed by atoms with van der Waals surface area (Å²) in [5.41, 5.74) is 1.74. The molecule has 1 atom stereocenters. The number of anilines is 1. The van der Waals surface area contributed by atoms with E-state index in [9.17, 15) is 4.39 Å². The minimum Gasteiger partial charge on any atom is -0.446 e. The van der Waals surface area contributed by atoms with Crippen molar-refractivity contribution in [3.8, 4) is 16.9 Å². The van der Waals surface area contributed by atoms with Crippen molar-refractivity contribution >= 4 is 17.9 Å². The van der Waals surface area contributed by atoms with Gasteiger partial charge in [0.15, 0.2) is 6.40 Å². The van der Waals surface area contributed by atoms with Crippen molar-refractivity contribution in [2.75, 3.05) is 45.1 Å². The maximum Gasteiger partial charge on any atom is 0.173 e. The van der Waals surface area contributed by atoms with Crippen molar-refractivity contribution in [3.05, 3.63) is 48.5 Å². The first-order chi connectivity index (χ1) is 16.2. The summed E-state index contributed by atoms with van der Waals surface area (Å²) in [6.07, 6.45) is 7.71. The van der Waals surface area contributed by atoms with Crippen LogP contribution >= 0.6 is 0 Å². The van der Waals surface area contributed by atoms with E-state index in [1.807, 2.05) is 36.0 Å². The van der Waals surface area contributed by atoms with E-state index in [0.29, 0.717) is 28.7 Å². The van der Waals surface area contributed by atoms with Crippen LogP contribution in [0.25, 0.3) is 16.8 Å². The van der Waals surface area contributed by atoms with E-state index in [1.165, 1.54) is 25.0 Å². The molecule has 174 valence electrons. The molecule has 1 saturated heterocycles. The SMILES string of the molecule is CNC1CN(CCNc2ccn3ccc(-c4cc(OC=N)ccc4F)c3n2)CCN1C1CC1. The van der Waals surface area contributed by atoms with Gasteiger partial charge < -0.3 is 19.8 Å². The van der Waals surface area contributed by atoms with Gasteiger partial charge in [-0.1, -0.05) is 0 Å². The van der Waals surface area contributed by atoms with Crippen LogP contribution in [0.4, 0.5) is 10.2 Å². The molecule has 3 aromatic rings. The number of fused-ring (bicyclic) bond motifs is 1. The fraction of sp³-hybridized carbons (Fsp3) is 0.417. The summed E-state index contributed by atoms with van der Waals surface area (Å²) < 4.78 is 21.6. The standard InChI is InChI=1S/C24H30FN7O/c1-27-23-15-30(12-13-32(23)17-2-3-17)11-8-28-22-7-10-31-9-6-19(24(31)29-22)20-14-18(33-16-26)4-5-21(20)25/h4-7,9-10,14,16-17,23,26-27H,2-3,8,11-13,15H2,1H3,(H,28,29). The van der Waals surface area contributed by atoms with Gasteiger partial charge in [0.25, 0.3) is 0 Å². The van der Waals surface area contributed by atoms with E-state index in [2.05, 4.69) is 20.4 Å². The highest BCUT2D eigenvalue weighted by atomic mass is 19.1. The Balaban J connectivity index is 1.26. The smallest absolute Gasteiger partial charge is 0.173 e. The number of aromatic nitrogens is 2. The third-order valence-electron chi connectivity index (χ3n) is 6.52. The van der Waals surface area contributed by atoms with Gasteiger partial charge in [-0.15, -0.1) is 0 Å². The molecule has 1 aliphatic carbocycles. The molecule has 9 heteroatoms. The molecule has 1 aromatic carbocycles. The molecule has 33 heavy (non-hydrogen) atoms. The predicted octanol–water partition coefficient (Wildman–Crippen LogP) is 2.86. The van der Waals surface area contributed by atoms with Crippen LogP contribution in [0.3, 0.4) is 0 Å². The van der Waals surface area contributed by atoms with Crippen molar-refractivity contribution < 1.29 is 9.13 Å². The topological polar surface area (TPSA) is 80.9 Å². The van der Waals surface area contributed by atoms with Crippen molar-refractivity contribution in [1.82, 2.24) is 24.5 Å². The zero-order valence-electron chi connectivity index (χ0n) is 18.8. The first-order valence-corrected chi connectivity index (χ1v) is 11.5. The van der Waals surface area contributed by atoms with Crippen LogP contribution in [0.2, 0.25) is 0 Å². The monoisotopic (exact) mass is 451 g/mol. The Bertz CT molecular complexity index is 1130. The molecule has 2 aromatic heterocycles. The van der Waals surface area contributed by atoms with Crippen molar-refractivity contribution in [1.29, 1.82) is 5.41 Å². The normalized spacial score (nSPS) is 19.6. The van der Waals surface area contributed by atoms with Gasteiger partial charge in [0.05, 0.1) is 6.17 Å². The maximum absolute atomic E-state index is 14.6. The summed E-state index contributed by atoms with van der Waals surface area (Å²) in [6.45, 7) is 4.95. The lowest BCUT2D eigenvalue weighted by Crippen LogP contribution is -2.59. The molecular formula is C24H30FN7O. The van der Waals surface area contributed by atoms with Gasteiger partial charge in [-0.2, -0.15) is 0 Å². The molecule has 1 aliphatic heterocycles. The summed E-state index contributed by atoms with van der Waals surface area (Å²) in [5, 5.41) is 14.0. The van der Waals surface area contributed by atoms with Gasteiger partial charge in [0.2, 0.25) is 0 Å². The van der Waals surface area contributed by atoms with Gasteiger partial charge in [-0.25, -0.2) is 9.37 Å². The molecule has 0 radical (unpaired) electrons. The second kappa shape index (κ2) is 9.46. The van der Waals surface area contributed by atoms with E-state index in [4.69, 9.17) is 15.1 Å². The fourth-order valence-corrected chi connectivity index (χ4v) is 4.64. The molecule has 0 bridgehead atoms. The van der Waals surface area contributed by atoms with Crippen LogP contribution in [-0.4, -0.2) is 77.6 Å². The minimum absolute atomic E-state index is 0.356. The summed E-state index contributed by atoms with van der Waals surface area (Å²) in [4.78, 5) is 9.84. The molecule has 1 unspecified atom stereocenters. The average molecular weight is 452 g/mol. The first kappa shape index (κ1) is 21.8. The highest BCUT2D eigenvalue weighted by molar-refractivity contribution is 5.80. The number of ether oxygens (including phenoxy) is 1. The third kappa shape index (κ3) is 4.71. The summed E-state index contributed by atoms with van der Waals surface area (Å²) in [6, 6.07) is 9.00. The lowest BCUT2D eigenvalue weighted by Gasteiger charge is -2.41. The maximum atomic E-state index is 14.6. The van der Waals surface area contributed by atoms with E-state index in [-0.39, 0.29) is 5.82 Å². The van der Waals surface area contributed by atoms with Crippen LogP contribution < -0.4 is 15.4 Å². The Hall–Kier alpha value is -3.01. The highest BCUT2D eigenvalue weighted by Gasteiger charge is 2.36. The lowest BCUT2D eigenvalue weighted by molar-refractivity contribution is 0.0562. The van der Waals surface area contributed by atoms with Crippen molar-refractivity contribution in [3.63, 3.8) is 0 Å². The molecule has 8 nitrogen and oxygen atoms in total. The lowest BCUT2D eigenvalue weighted by atomic mass is 10.1. The van der Waals surface area contributed by atoms with Crippen LogP contribution in [0, 0.1) is 11.2 Å².